The van der Waals surface area contributed by atoms with Crippen molar-refractivity contribution < 1.29 is 5.11 Å². The van der Waals surface area contributed by atoms with Crippen LogP contribution in [0.15, 0.2) is 18.3 Å². The van der Waals surface area contributed by atoms with Crippen molar-refractivity contribution in [3.8, 4) is 0 Å². The maximum Gasteiger partial charge on any atom is 0.0993 e. The average molecular weight is 193 g/mol. The zero-order valence-corrected chi connectivity index (χ0v) is 8.79. The second-order valence-corrected chi connectivity index (χ2v) is 4.45. The zero-order chi connectivity index (χ0) is 10.0. The molecule has 0 spiro atoms. The molecule has 14 heavy (non-hydrogen) atoms. The van der Waals surface area contributed by atoms with Gasteiger partial charge in [-0.25, -0.2) is 0 Å². The highest BCUT2D eigenvalue weighted by molar-refractivity contribution is 5.11. The summed E-state index contributed by atoms with van der Waals surface area (Å²) in [5.74, 6) is 0. The van der Waals surface area contributed by atoms with Crippen LogP contribution in [-0.4, -0.2) is 10.1 Å². The van der Waals surface area contributed by atoms with Crippen molar-refractivity contribution in [2.75, 3.05) is 0 Å². The molecule has 78 valence electrons. The summed E-state index contributed by atoms with van der Waals surface area (Å²) >= 11 is 0. The largest absolute Gasteiger partial charge is 0.386 e. The fraction of sp³-hybridized carbons (Fsp3) is 0.667. The van der Waals surface area contributed by atoms with Crippen LogP contribution in [0.1, 0.15) is 50.8 Å². The van der Waals surface area contributed by atoms with Gasteiger partial charge in [-0.05, 0) is 31.4 Å². The fourth-order valence-corrected chi connectivity index (χ4v) is 2.74. The average Bonchev–Trinajstić information content (AvgIpc) is 2.89. The third kappa shape index (κ3) is 1.48. The van der Waals surface area contributed by atoms with Crippen LogP contribution in [0.4, 0.5) is 0 Å². The van der Waals surface area contributed by atoms with Gasteiger partial charge < -0.3 is 10.1 Å². The molecule has 0 amide bonds. The summed E-state index contributed by atoms with van der Waals surface area (Å²) in [5.41, 5.74) is 1.12. The molecule has 1 heterocycles. The molecule has 0 aliphatic heterocycles. The summed E-state index contributed by atoms with van der Waals surface area (Å²) in [6.07, 6.45) is 7.54. The van der Waals surface area contributed by atoms with Crippen molar-refractivity contribution in [2.24, 2.45) is 5.41 Å². The van der Waals surface area contributed by atoms with Gasteiger partial charge in [-0.2, -0.15) is 0 Å². The molecular weight excluding hydrogens is 174 g/mol. The van der Waals surface area contributed by atoms with Gasteiger partial charge in [0.25, 0.3) is 0 Å². The number of aromatic nitrogens is 1. The number of aromatic amines is 1. The van der Waals surface area contributed by atoms with Crippen molar-refractivity contribution in [1.29, 1.82) is 0 Å². The Kier molecular flexibility index (Phi) is 2.64. The van der Waals surface area contributed by atoms with Gasteiger partial charge in [0, 0.05) is 17.3 Å². The minimum absolute atomic E-state index is 0.144. The molecule has 0 radical (unpaired) electrons. The van der Waals surface area contributed by atoms with Gasteiger partial charge in [-0.3, -0.25) is 0 Å². The Labute approximate surface area is 85.3 Å². The highest BCUT2D eigenvalue weighted by Gasteiger charge is 2.39. The van der Waals surface area contributed by atoms with Crippen LogP contribution in [0.3, 0.4) is 0 Å². The second-order valence-electron chi connectivity index (χ2n) is 4.45. The van der Waals surface area contributed by atoms with Gasteiger partial charge in [0.15, 0.2) is 0 Å². The molecule has 1 aromatic rings. The Morgan fingerprint density at radius 2 is 2.21 bits per heavy atom. The number of aliphatic hydroxyl groups excluding tert-OH is 1. The number of H-pyrrole nitrogens is 1. The summed E-state index contributed by atoms with van der Waals surface area (Å²) in [6, 6.07) is 3.94. The minimum Gasteiger partial charge on any atom is -0.386 e. The molecule has 2 N–H and O–H groups in total. The summed E-state index contributed by atoms with van der Waals surface area (Å²) in [6.45, 7) is 2.19. The highest BCUT2D eigenvalue weighted by atomic mass is 16.3. The van der Waals surface area contributed by atoms with Gasteiger partial charge in [0.2, 0.25) is 0 Å². The molecule has 2 nitrogen and oxygen atoms in total. The van der Waals surface area contributed by atoms with Crippen LogP contribution in [0.2, 0.25) is 0 Å². The predicted molar refractivity (Wildman–Crippen MR) is 56.9 cm³/mol. The SMILES string of the molecule is CCC1(C(O)c2ccc[nH]2)CCCC1. The standard InChI is InChI=1S/C12H19NO/c1-2-12(7-3-4-8-12)11(14)10-6-5-9-13-10/h5-6,9,11,13-14H,2-4,7-8H2,1H3. The Morgan fingerprint density at radius 1 is 1.50 bits per heavy atom. The van der Waals surface area contributed by atoms with E-state index in [2.05, 4.69) is 11.9 Å². The molecule has 1 aliphatic carbocycles. The normalized spacial score (nSPS) is 22.4. The van der Waals surface area contributed by atoms with Gasteiger partial charge in [0.05, 0.1) is 6.10 Å². The van der Waals surface area contributed by atoms with E-state index in [0.29, 0.717) is 0 Å². The molecule has 0 bridgehead atoms. The van der Waals surface area contributed by atoms with Crippen LogP contribution < -0.4 is 0 Å². The third-order valence-corrected chi connectivity index (χ3v) is 3.80. The second kappa shape index (κ2) is 3.77. The first-order valence-corrected chi connectivity index (χ1v) is 5.60. The number of nitrogens with one attached hydrogen (secondary N) is 1. The van der Waals surface area contributed by atoms with E-state index in [0.717, 1.165) is 12.1 Å². The van der Waals surface area contributed by atoms with Crippen molar-refractivity contribution in [2.45, 2.75) is 45.1 Å². The van der Waals surface area contributed by atoms with E-state index >= 15 is 0 Å². The Morgan fingerprint density at radius 3 is 2.71 bits per heavy atom. The minimum atomic E-state index is -0.301. The first-order chi connectivity index (χ1) is 6.78. The third-order valence-electron chi connectivity index (χ3n) is 3.80. The molecule has 1 saturated carbocycles. The van der Waals surface area contributed by atoms with E-state index in [1.807, 2.05) is 18.3 Å². The first kappa shape index (κ1) is 9.78. The Balaban J connectivity index is 2.19. The number of hydrogen-bond donors (Lipinski definition) is 2. The molecule has 2 heteroatoms. The molecule has 1 atom stereocenters. The quantitative estimate of drug-likeness (QED) is 0.760. The van der Waals surface area contributed by atoms with E-state index in [1.54, 1.807) is 0 Å². The predicted octanol–water partition coefficient (Wildman–Crippen LogP) is 3.02. The molecule has 1 aromatic heterocycles. The summed E-state index contributed by atoms with van der Waals surface area (Å²) in [5, 5.41) is 10.3. The maximum absolute atomic E-state index is 10.3. The topological polar surface area (TPSA) is 36.0 Å². The molecule has 1 fully saturated rings. The number of aliphatic hydroxyl groups is 1. The van der Waals surface area contributed by atoms with E-state index < -0.39 is 0 Å². The number of hydrogen-bond acceptors (Lipinski definition) is 1. The van der Waals surface area contributed by atoms with Crippen molar-refractivity contribution >= 4 is 0 Å². The van der Waals surface area contributed by atoms with Crippen LogP contribution in [0.25, 0.3) is 0 Å². The fourth-order valence-electron chi connectivity index (χ4n) is 2.74. The number of rotatable bonds is 3. The van der Waals surface area contributed by atoms with Crippen molar-refractivity contribution in [3.63, 3.8) is 0 Å². The Hall–Kier alpha value is -0.760. The van der Waals surface area contributed by atoms with Gasteiger partial charge in [-0.15, -0.1) is 0 Å². The van der Waals surface area contributed by atoms with Crippen molar-refractivity contribution in [1.82, 2.24) is 4.98 Å². The molecule has 2 rings (SSSR count). The van der Waals surface area contributed by atoms with Crippen LogP contribution in [-0.2, 0) is 0 Å². The smallest absolute Gasteiger partial charge is 0.0993 e. The highest BCUT2D eigenvalue weighted by Crippen LogP contribution is 2.49. The summed E-state index contributed by atoms with van der Waals surface area (Å²) in [7, 11) is 0. The summed E-state index contributed by atoms with van der Waals surface area (Å²) in [4.78, 5) is 3.12. The molecule has 0 saturated heterocycles. The van der Waals surface area contributed by atoms with E-state index in [1.165, 1.54) is 25.7 Å². The monoisotopic (exact) mass is 193 g/mol. The molecule has 1 unspecified atom stereocenters. The lowest BCUT2D eigenvalue weighted by Gasteiger charge is -2.32. The lowest BCUT2D eigenvalue weighted by atomic mass is 9.77. The van der Waals surface area contributed by atoms with E-state index in [4.69, 9.17) is 0 Å². The summed E-state index contributed by atoms with van der Waals surface area (Å²) < 4.78 is 0. The Bertz CT molecular complexity index is 273. The van der Waals surface area contributed by atoms with Crippen LogP contribution in [0.5, 0.6) is 0 Å². The van der Waals surface area contributed by atoms with Crippen molar-refractivity contribution in [3.05, 3.63) is 24.0 Å². The first-order valence-electron chi connectivity index (χ1n) is 5.60. The molecule has 1 aliphatic rings. The van der Waals surface area contributed by atoms with Crippen LogP contribution >= 0.6 is 0 Å². The lowest BCUT2D eigenvalue weighted by Crippen LogP contribution is -2.25. The zero-order valence-electron chi connectivity index (χ0n) is 8.79. The van der Waals surface area contributed by atoms with E-state index in [-0.39, 0.29) is 11.5 Å². The van der Waals surface area contributed by atoms with E-state index in [9.17, 15) is 5.11 Å². The molecular formula is C12H19NO. The molecule has 0 aromatic carbocycles. The lowest BCUT2D eigenvalue weighted by molar-refractivity contribution is 0.0209. The van der Waals surface area contributed by atoms with Gasteiger partial charge in [-0.1, -0.05) is 19.8 Å². The van der Waals surface area contributed by atoms with Crippen LogP contribution in [0, 0.1) is 5.41 Å². The maximum atomic E-state index is 10.3. The van der Waals surface area contributed by atoms with Gasteiger partial charge in [0.1, 0.15) is 0 Å². The van der Waals surface area contributed by atoms with Gasteiger partial charge >= 0.3 is 0 Å².